The number of primary amides is 1. The number of benzene rings is 1. The number of aryl methyl sites for hydroxylation is 1. The number of halogens is 3. The van der Waals surface area contributed by atoms with Crippen LogP contribution in [-0.4, -0.2) is 39.2 Å². The second-order valence-corrected chi connectivity index (χ2v) is 8.29. The van der Waals surface area contributed by atoms with Crippen LogP contribution in [0.4, 0.5) is 30.5 Å². The second-order valence-electron chi connectivity index (χ2n) is 8.29. The maximum atomic E-state index is 14.7. The van der Waals surface area contributed by atoms with E-state index >= 15 is 0 Å². The Morgan fingerprint density at radius 2 is 2.00 bits per heavy atom. The molecule has 3 aromatic rings. The van der Waals surface area contributed by atoms with Gasteiger partial charge in [0.2, 0.25) is 0 Å². The molecule has 8 nitrogen and oxygen atoms in total. The first-order valence-electron chi connectivity index (χ1n) is 10.8. The van der Waals surface area contributed by atoms with Crippen LogP contribution in [0.3, 0.4) is 0 Å². The summed E-state index contributed by atoms with van der Waals surface area (Å²) in [6.45, 7) is 1.20. The first-order valence-corrected chi connectivity index (χ1v) is 10.8. The number of pyridine rings is 1. The quantitative estimate of drug-likeness (QED) is 0.426. The first kappa shape index (κ1) is 22.8. The number of fused-ring (bicyclic) bond motifs is 1. The molecule has 0 spiro atoms. The number of aromatic nitrogens is 3. The van der Waals surface area contributed by atoms with Gasteiger partial charge in [-0.25, -0.2) is 18.2 Å². The standard InChI is InChI=1S/C22H26F3N7O/c1-11-13-8-12(6-7-18(13)32(31-11)10-19(24)25)28-21-14(20(27)33)9-15(23)22(30-21)29-17-5-3-2-4-16(17)26/h6-9,16-17,19H,2-5,10,26H2,1H3,(H2,27,33)(H2,28,29,30)/t16-,17+/m0/s1. The molecule has 1 aliphatic carbocycles. The molecule has 0 aliphatic heterocycles. The lowest BCUT2D eigenvalue weighted by Crippen LogP contribution is -2.43. The van der Waals surface area contributed by atoms with Gasteiger partial charge in [0, 0.05) is 23.2 Å². The van der Waals surface area contributed by atoms with Crippen LogP contribution in [0.5, 0.6) is 0 Å². The monoisotopic (exact) mass is 461 g/mol. The van der Waals surface area contributed by atoms with Crippen molar-refractivity contribution in [2.75, 3.05) is 10.6 Å². The average Bonchev–Trinajstić information content (AvgIpc) is 3.05. The van der Waals surface area contributed by atoms with Gasteiger partial charge < -0.3 is 22.1 Å². The molecule has 6 N–H and O–H groups in total. The highest BCUT2D eigenvalue weighted by molar-refractivity contribution is 5.99. The summed E-state index contributed by atoms with van der Waals surface area (Å²) in [6.07, 6.45) is 1.10. The molecule has 176 valence electrons. The van der Waals surface area contributed by atoms with Crippen molar-refractivity contribution in [1.82, 2.24) is 14.8 Å². The Hall–Kier alpha value is -3.34. The van der Waals surface area contributed by atoms with Gasteiger partial charge in [-0.15, -0.1) is 0 Å². The molecule has 2 atom stereocenters. The van der Waals surface area contributed by atoms with Crippen LogP contribution >= 0.6 is 0 Å². The molecule has 1 aliphatic rings. The van der Waals surface area contributed by atoms with Crippen molar-refractivity contribution in [1.29, 1.82) is 0 Å². The Morgan fingerprint density at radius 1 is 1.24 bits per heavy atom. The SMILES string of the molecule is Cc1nn(CC(F)F)c2ccc(Nc3nc(N[C@@H]4CCCC[C@@H]4N)c(F)cc3C(N)=O)cc12. The predicted molar refractivity (Wildman–Crippen MR) is 120 cm³/mol. The molecule has 11 heteroatoms. The number of nitrogens with one attached hydrogen (secondary N) is 2. The van der Waals surface area contributed by atoms with E-state index in [2.05, 4.69) is 20.7 Å². The highest BCUT2D eigenvalue weighted by Crippen LogP contribution is 2.29. The fraction of sp³-hybridized carbons (Fsp3) is 0.409. The van der Waals surface area contributed by atoms with Crippen LogP contribution in [0.15, 0.2) is 24.3 Å². The minimum Gasteiger partial charge on any atom is -0.365 e. The number of hydrogen-bond acceptors (Lipinski definition) is 6. The Kier molecular flexibility index (Phi) is 6.41. The molecular formula is C22H26F3N7O. The fourth-order valence-electron chi connectivity index (χ4n) is 4.21. The number of carbonyl (C=O) groups is 1. The molecule has 0 saturated heterocycles. The van der Waals surface area contributed by atoms with Crippen molar-refractivity contribution < 1.29 is 18.0 Å². The van der Waals surface area contributed by atoms with Crippen molar-refractivity contribution in [2.45, 2.75) is 57.7 Å². The molecule has 1 amide bonds. The largest absolute Gasteiger partial charge is 0.365 e. The lowest BCUT2D eigenvalue weighted by molar-refractivity contribution is 0.1000. The number of hydrogen-bond donors (Lipinski definition) is 4. The summed E-state index contributed by atoms with van der Waals surface area (Å²) in [5.41, 5.74) is 13.1. The van der Waals surface area contributed by atoms with Crippen molar-refractivity contribution >= 4 is 34.1 Å². The normalized spacial score (nSPS) is 18.6. The maximum absolute atomic E-state index is 14.7. The van der Waals surface area contributed by atoms with Crippen LogP contribution in [-0.2, 0) is 6.54 Å². The molecule has 2 heterocycles. The lowest BCUT2D eigenvalue weighted by Gasteiger charge is -2.30. The van der Waals surface area contributed by atoms with Crippen molar-refractivity contribution in [2.24, 2.45) is 11.5 Å². The summed E-state index contributed by atoms with van der Waals surface area (Å²) in [4.78, 5) is 16.2. The zero-order chi connectivity index (χ0) is 23.7. The number of rotatable bonds is 7. The number of alkyl halides is 2. The zero-order valence-corrected chi connectivity index (χ0v) is 18.1. The Bertz CT molecular complexity index is 1180. The maximum Gasteiger partial charge on any atom is 0.257 e. The molecule has 1 fully saturated rings. The highest BCUT2D eigenvalue weighted by atomic mass is 19.3. The van der Waals surface area contributed by atoms with Gasteiger partial charge in [0.15, 0.2) is 11.6 Å². The predicted octanol–water partition coefficient (Wildman–Crippen LogP) is 3.67. The third-order valence-electron chi connectivity index (χ3n) is 5.89. The second kappa shape index (κ2) is 9.26. The van der Waals surface area contributed by atoms with Crippen LogP contribution in [0, 0.1) is 12.7 Å². The summed E-state index contributed by atoms with van der Waals surface area (Å²) in [6, 6.07) is 5.78. The van der Waals surface area contributed by atoms with Crippen molar-refractivity contribution in [3.8, 4) is 0 Å². The van der Waals surface area contributed by atoms with E-state index in [0.29, 0.717) is 22.3 Å². The number of amides is 1. The van der Waals surface area contributed by atoms with Gasteiger partial charge in [-0.2, -0.15) is 5.10 Å². The fourth-order valence-corrected chi connectivity index (χ4v) is 4.21. The summed E-state index contributed by atoms with van der Waals surface area (Å²) in [7, 11) is 0. The molecule has 0 radical (unpaired) electrons. The molecule has 1 saturated carbocycles. The van der Waals surface area contributed by atoms with Crippen LogP contribution in [0.25, 0.3) is 10.9 Å². The summed E-state index contributed by atoms with van der Waals surface area (Å²) in [5.74, 6) is -1.49. The van der Waals surface area contributed by atoms with Crippen molar-refractivity contribution in [3.63, 3.8) is 0 Å². The summed E-state index contributed by atoms with van der Waals surface area (Å²) in [5, 5.41) is 10.9. The van der Waals surface area contributed by atoms with Gasteiger partial charge in [0.05, 0.1) is 16.8 Å². The molecule has 0 bridgehead atoms. The number of nitrogens with zero attached hydrogens (tertiary/aromatic N) is 3. The molecular weight excluding hydrogens is 435 g/mol. The van der Waals surface area contributed by atoms with E-state index < -0.39 is 24.7 Å². The highest BCUT2D eigenvalue weighted by Gasteiger charge is 2.24. The Labute approximate surface area is 188 Å². The van der Waals surface area contributed by atoms with E-state index in [1.807, 2.05) is 0 Å². The van der Waals surface area contributed by atoms with E-state index in [1.165, 1.54) is 4.68 Å². The summed E-state index contributed by atoms with van der Waals surface area (Å²) < 4.78 is 41.6. The van der Waals surface area contributed by atoms with Gasteiger partial charge in [0.25, 0.3) is 12.3 Å². The van der Waals surface area contributed by atoms with Gasteiger partial charge in [-0.05, 0) is 44.0 Å². The number of anilines is 3. The first-order chi connectivity index (χ1) is 15.7. The topological polar surface area (TPSA) is 124 Å². The van der Waals surface area contributed by atoms with E-state index in [4.69, 9.17) is 11.5 Å². The lowest BCUT2D eigenvalue weighted by atomic mass is 9.91. The van der Waals surface area contributed by atoms with Gasteiger partial charge in [0.1, 0.15) is 12.4 Å². The smallest absolute Gasteiger partial charge is 0.257 e. The molecule has 33 heavy (non-hydrogen) atoms. The Morgan fingerprint density at radius 3 is 2.70 bits per heavy atom. The van der Waals surface area contributed by atoms with Gasteiger partial charge >= 0.3 is 0 Å². The van der Waals surface area contributed by atoms with E-state index in [1.54, 1.807) is 25.1 Å². The summed E-state index contributed by atoms with van der Waals surface area (Å²) >= 11 is 0. The average molecular weight is 461 g/mol. The van der Waals surface area contributed by atoms with Crippen LogP contribution in [0.2, 0.25) is 0 Å². The number of nitrogens with two attached hydrogens (primary N) is 2. The van der Waals surface area contributed by atoms with Crippen LogP contribution < -0.4 is 22.1 Å². The molecule has 4 rings (SSSR count). The molecule has 2 aromatic heterocycles. The molecule has 1 aromatic carbocycles. The minimum atomic E-state index is -2.53. The third-order valence-corrected chi connectivity index (χ3v) is 5.89. The van der Waals surface area contributed by atoms with E-state index in [-0.39, 0.29) is 29.3 Å². The van der Waals surface area contributed by atoms with Gasteiger partial charge in [-0.1, -0.05) is 12.8 Å². The van der Waals surface area contributed by atoms with E-state index in [9.17, 15) is 18.0 Å². The number of carbonyl (C=O) groups excluding carboxylic acids is 1. The Balaban J connectivity index is 1.66. The van der Waals surface area contributed by atoms with E-state index in [0.717, 1.165) is 31.7 Å². The van der Waals surface area contributed by atoms with Gasteiger partial charge in [-0.3, -0.25) is 9.48 Å². The third kappa shape index (κ3) is 4.87. The van der Waals surface area contributed by atoms with Crippen LogP contribution in [0.1, 0.15) is 41.7 Å². The molecule has 0 unspecified atom stereocenters. The van der Waals surface area contributed by atoms with Crippen molar-refractivity contribution in [3.05, 3.63) is 41.3 Å². The zero-order valence-electron chi connectivity index (χ0n) is 18.1. The minimum absolute atomic E-state index is 0.0214.